The van der Waals surface area contributed by atoms with E-state index in [1.54, 1.807) is 27.7 Å². The average Bonchev–Trinajstić information content (AvgIpc) is 3.16. The second-order valence-corrected chi connectivity index (χ2v) is 6.47. The lowest BCUT2D eigenvalue weighted by atomic mass is 9.89. The number of fused-ring (bicyclic) bond motifs is 1. The van der Waals surface area contributed by atoms with Crippen LogP contribution in [0.2, 0.25) is 0 Å². The number of ether oxygens (including phenoxy) is 3. The zero-order valence-corrected chi connectivity index (χ0v) is 15.9. The Labute approximate surface area is 162 Å². The maximum atomic E-state index is 12.3. The van der Waals surface area contributed by atoms with E-state index in [9.17, 15) is 4.79 Å². The van der Waals surface area contributed by atoms with Gasteiger partial charge in [0, 0.05) is 18.4 Å². The Kier molecular flexibility index (Phi) is 4.65. The van der Waals surface area contributed by atoms with Crippen molar-refractivity contribution in [3.05, 3.63) is 60.0 Å². The van der Waals surface area contributed by atoms with Crippen LogP contribution in [0.15, 0.2) is 48.8 Å². The summed E-state index contributed by atoms with van der Waals surface area (Å²) in [6, 6.07) is 13.4. The topological polar surface area (TPSA) is 74.6 Å². The lowest BCUT2D eigenvalue weighted by Gasteiger charge is -2.25. The van der Waals surface area contributed by atoms with E-state index in [-0.39, 0.29) is 11.8 Å². The summed E-state index contributed by atoms with van der Waals surface area (Å²) in [6.07, 6.45) is 2.04. The molecule has 1 amide bonds. The molecule has 0 fully saturated rings. The second-order valence-electron chi connectivity index (χ2n) is 6.47. The van der Waals surface area contributed by atoms with Crippen LogP contribution in [0, 0.1) is 0 Å². The zero-order valence-electron chi connectivity index (χ0n) is 15.9. The molecular formula is C21H21N3O4. The van der Waals surface area contributed by atoms with E-state index in [1.165, 1.54) is 0 Å². The number of rotatable bonds is 5. The molecule has 1 atom stereocenters. The molecule has 4 rings (SSSR count). The fourth-order valence-corrected chi connectivity index (χ4v) is 3.56. The molecule has 3 aromatic rings. The van der Waals surface area contributed by atoms with Crippen LogP contribution in [0.4, 0.5) is 5.82 Å². The molecule has 2 heterocycles. The molecule has 2 aromatic carbocycles. The summed E-state index contributed by atoms with van der Waals surface area (Å²) in [5.41, 5.74) is 2.79. The molecule has 7 nitrogen and oxygen atoms in total. The highest BCUT2D eigenvalue weighted by atomic mass is 16.5. The van der Waals surface area contributed by atoms with E-state index < -0.39 is 0 Å². The normalized spacial score (nSPS) is 15.5. The first-order chi connectivity index (χ1) is 13.6. The summed E-state index contributed by atoms with van der Waals surface area (Å²) < 4.78 is 18.1. The van der Waals surface area contributed by atoms with Crippen LogP contribution < -0.4 is 19.5 Å². The molecule has 0 saturated carbocycles. The van der Waals surface area contributed by atoms with Crippen molar-refractivity contribution in [2.24, 2.45) is 0 Å². The number of anilines is 1. The summed E-state index contributed by atoms with van der Waals surface area (Å²) in [6.45, 7) is 0. The zero-order chi connectivity index (χ0) is 19.7. The summed E-state index contributed by atoms with van der Waals surface area (Å²) in [7, 11) is 4.83. The second kappa shape index (κ2) is 7.26. The lowest BCUT2D eigenvalue weighted by molar-refractivity contribution is -0.116. The van der Waals surface area contributed by atoms with Crippen LogP contribution in [0.1, 0.15) is 23.6 Å². The Morgan fingerprint density at radius 3 is 2.61 bits per heavy atom. The predicted molar refractivity (Wildman–Crippen MR) is 105 cm³/mol. The quantitative estimate of drug-likeness (QED) is 0.736. The Morgan fingerprint density at radius 1 is 1.04 bits per heavy atom. The van der Waals surface area contributed by atoms with Gasteiger partial charge in [-0.1, -0.05) is 12.1 Å². The Morgan fingerprint density at radius 2 is 1.86 bits per heavy atom. The van der Waals surface area contributed by atoms with Crippen molar-refractivity contribution in [1.29, 1.82) is 0 Å². The van der Waals surface area contributed by atoms with Gasteiger partial charge in [0.15, 0.2) is 17.3 Å². The number of methoxy groups -OCH3 is 3. The Hall–Kier alpha value is -3.48. The summed E-state index contributed by atoms with van der Waals surface area (Å²) in [5, 5.41) is 2.87. The molecule has 0 radical (unpaired) electrons. The van der Waals surface area contributed by atoms with Crippen LogP contribution in [-0.2, 0) is 4.79 Å². The number of carbonyl (C=O) groups excluding carboxylic acids is 1. The molecule has 1 unspecified atom stereocenters. The van der Waals surface area contributed by atoms with Gasteiger partial charge in [-0.25, -0.2) is 4.98 Å². The van der Waals surface area contributed by atoms with Crippen LogP contribution in [0.3, 0.4) is 0 Å². The molecular weight excluding hydrogens is 358 g/mol. The standard InChI is InChI=1S/C21H21N3O4/c1-26-15-6-4-5-14(10-15)24-12-22-21-20(24)16(11-19(25)23-21)13-7-8-17(27-2)18(9-13)28-3/h4-10,12,16H,11H2,1-3H3,(H,23,25). The van der Waals surface area contributed by atoms with Crippen LogP contribution in [-0.4, -0.2) is 36.8 Å². The highest BCUT2D eigenvalue weighted by Gasteiger charge is 2.32. The van der Waals surface area contributed by atoms with E-state index in [4.69, 9.17) is 14.2 Å². The minimum atomic E-state index is -0.169. The first kappa shape index (κ1) is 17.9. The summed E-state index contributed by atoms with van der Waals surface area (Å²) in [5.74, 6) is 2.36. The molecule has 28 heavy (non-hydrogen) atoms. The summed E-state index contributed by atoms with van der Waals surface area (Å²) >= 11 is 0. The molecule has 1 N–H and O–H groups in total. The van der Waals surface area contributed by atoms with Gasteiger partial charge in [0.2, 0.25) is 5.91 Å². The van der Waals surface area contributed by atoms with Crippen LogP contribution in [0.25, 0.3) is 5.69 Å². The number of nitrogens with zero attached hydrogens (tertiary/aromatic N) is 2. The van der Waals surface area contributed by atoms with Gasteiger partial charge in [0.1, 0.15) is 12.1 Å². The third-order valence-corrected chi connectivity index (χ3v) is 4.92. The molecule has 0 aliphatic carbocycles. The summed E-state index contributed by atoms with van der Waals surface area (Å²) in [4.78, 5) is 16.7. The number of amides is 1. The van der Waals surface area contributed by atoms with E-state index in [1.807, 2.05) is 47.0 Å². The number of hydrogen-bond donors (Lipinski definition) is 1. The number of carbonyl (C=O) groups is 1. The van der Waals surface area contributed by atoms with E-state index in [0.29, 0.717) is 23.7 Å². The van der Waals surface area contributed by atoms with Gasteiger partial charge in [-0.3, -0.25) is 4.79 Å². The van der Waals surface area contributed by atoms with Gasteiger partial charge in [-0.05, 0) is 29.8 Å². The minimum absolute atomic E-state index is 0.0665. The number of nitrogens with one attached hydrogen (secondary N) is 1. The molecule has 0 spiro atoms. The molecule has 1 aliphatic heterocycles. The molecule has 144 valence electrons. The number of imidazole rings is 1. The largest absolute Gasteiger partial charge is 0.497 e. The monoisotopic (exact) mass is 379 g/mol. The maximum Gasteiger partial charge on any atom is 0.226 e. The van der Waals surface area contributed by atoms with Gasteiger partial charge >= 0.3 is 0 Å². The minimum Gasteiger partial charge on any atom is -0.497 e. The van der Waals surface area contributed by atoms with Gasteiger partial charge in [-0.2, -0.15) is 0 Å². The maximum absolute atomic E-state index is 12.3. The predicted octanol–water partition coefficient (Wildman–Crippen LogP) is 3.37. The third-order valence-electron chi connectivity index (χ3n) is 4.92. The fraction of sp³-hybridized carbons (Fsp3) is 0.238. The van der Waals surface area contributed by atoms with Gasteiger partial charge in [0.05, 0.1) is 32.7 Å². The number of hydrogen-bond acceptors (Lipinski definition) is 5. The molecule has 0 bridgehead atoms. The Bertz CT molecular complexity index is 1030. The fourth-order valence-electron chi connectivity index (χ4n) is 3.56. The SMILES string of the molecule is COc1cccc(-n2cnc3c2C(c2ccc(OC)c(OC)c2)CC(=O)N3)c1. The smallest absolute Gasteiger partial charge is 0.226 e. The van der Waals surface area contributed by atoms with Gasteiger partial charge in [-0.15, -0.1) is 0 Å². The van der Waals surface area contributed by atoms with Gasteiger partial charge < -0.3 is 24.1 Å². The highest BCUT2D eigenvalue weighted by molar-refractivity contribution is 5.94. The van der Waals surface area contributed by atoms with Crippen molar-refractivity contribution < 1.29 is 19.0 Å². The first-order valence-corrected chi connectivity index (χ1v) is 8.88. The van der Waals surface area contributed by atoms with E-state index in [0.717, 1.165) is 22.7 Å². The van der Waals surface area contributed by atoms with Crippen molar-refractivity contribution in [1.82, 2.24) is 9.55 Å². The van der Waals surface area contributed by atoms with Crippen molar-refractivity contribution in [2.45, 2.75) is 12.3 Å². The first-order valence-electron chi connectivity index (χ1n) is 8.88. The van der Waals surface area contributed by atoms with Gasteiger partial charge in [0.25, 0.3) is 0 Å². The van der Waals surface area contributed by atoms with Crippen LogP contribution >= 0.6 is 0 Å². The molecule has 7 heteroatoms. The highest BCUT2D eigenvalue weighted by Crippen LogP contribution is 2.40. The number of aromatic nitrogens is 2. The van der Waals surface area contributed by atoms with E-state index >= 15 is 0 Å². The van der Waals surface area contributed by atoms with Crippen LogP contribution in [0.5, 0.6) is 17.2 Å². The third kappa shape index (κ3) is 3.05. The van der Waals surface area contributed by atoms with E-state index in [2.05, 4.69) is 10.3 Å². The van der Waals surface area contributed by atoms with Crippen molar-refractivity contribution >= 4 is 11.7 Å². The number of benzene rings is 2. The average molecular weight is 379 g/mol. The lowest BCUT2D eigenvalue weighted by Crippen LogP contribution is -2.25. The molecule has 0 saturated heterocycles. The Balaban J connectivity index is 1.84. The molecule has 1 aliphatic rings. The van der Waals surface area contributed by atoms with Crippen molar-refractivity contribution in [3.63, 3.8) is 0 Å². The van der Waals surface area contributed by atoms with Crippen molar-refractivity contribution in [3.8, 4) is 22.9 Å². The van der Waals surface area contributed by atoms with Crippen molar-refractivity contribution in [2.75, 3.05) is 26.6 Å². The molecule has 1 aromatic heterocycles.